The van der Waals surface area contributed by atoms with Crippen LogP contribution >= 0.6 is 0 Å². The van der Waals surface area contributed by atoms with Gasteiger partial charge in [0.1, 0.15) is 5.75 Å². The number of benzene rings is 1. The molecule has 3 nitrogen and oxygen atoms in total. The molecule has 0 aliphatic heterocycles. The maximum absolute atomic E-state index is 12.4. The van der Waals surface area contributed by atoms with E-state index in [0.29, 0.717) is 5.41 Å². The smallest absolute Gasteiger partial charge is 0.260 e. The molecule has 0 heterocycles. The molecule has 23 heavy (non-hydrogen) atoms. The number of likely N-dealkylation sites (N-methyl/N-ethyl adjacent to an activating group) is 1. The lowest BCUT2D eigenvalue weighted by Gasteiger charge is -2.57. The number of carbonyl (C=O) groups is 1. The molecule has 4 aliphatic carbocycles. The van der Waals surface area contributed by atoms with E-state index < -0.39 is 0 Å². The Bertz CT molecular complexity index is 533. The van der Waals surface area contributed by atoms with Crippen molar-refractivity contribution >= 4 is 5.91 Å². The summed E-state index contributed by atoms with van der Waals surface area (Å²) >= 11 is 0. The van der Waals surface area contributed by atoms with Gasteiger partial charge in [0.25, 0.3) is 5.91 Å². The Morgan fingerprint density at radius 2 is 1.65 bits per heavy atom. The van der Waals surface area contributed by atoms with Crippen molar-refractivity contribution in [1.29, 1.82) is 0 Å². The van der Waals surface area contributed by atoms with Crippen molar-refractivity contribution in [3.05, 3.63) is 30.3 Å². The minimum atomic E-state index is 0.101. The van der Waals surface area contributed by atoms with Gasteiger partial charge < -0.3 is 9.64 Å². The van der Waals surface area contributed by atoms with Crippen LogP contribution in [-0.2, 0) is 4.79 Å². The zero-order chi connectivity index (χ0) is 15.9. The third kappa shape index (κ3) is 3.11. The molecule has 4 saturated carbocycles. The molecule has 0 unspecified atom stereocenters. The minimum Gasteiger partial charge on any atom is -0.484 e. The van der Waals surface area contributed by atoms with Gasteiger partial charge in [0.2, 0.25) is 0 Å². The molecular formula is C20H27NO2. The van der Waals surface area contributed by atoms with Crippen molar-refractivity contribution in [2.24, 2.45) is 23.2 Å². The Morgan fingerprint density at radius 3 is 2.22 bits per heavy atom. The highest BCUT2D eigenvalue weighted by molar-refractivity contribution is 5.77. The largest absolute Gasteiger partial charge is 0.484 e. The van der Waals surface area contributed by atoms with Crippen molar-refractivity contribution in [3.63, 3.8) is 0 Å². The van der Waals surface area contributed by atoms with Crippen LogP contribution < -0.4 is 4.74 Å². The summed E-state index contributed by atoms with van der Waals surface area (Å²) in [7, 11) is 1.95. The van der Waals surface area contributed by atoms with Crippen molar-refractivity contribution in [2.75, 3.05) is 20.2 Å². The van der Waals surface area contributed by atoms with Gasteiger partial charge in [-0.25, -0.2) is 0 Å². The molecule has 0 aromatic heterocycles. The first kappa shape index (κ1) is 15.0. The van der Waals surface area contributed by atoms with E-state index >= 15 is 0 Å². The molecule has 1 aromatic rings. The topological polar surface area (TPSA) is 29.5 Å². The fourth-order valence-corrected chi connectivity index (χ4v) is 5.85. The Morgan fingerprint density at radius 1 is 1.09 bits per heavy atom. The van der Waals surface area contributed by atoms with Gasteiger partial charge in [0.05, 0.1) is 0 Å². The maximum Gasteiger partial charge on any atom is 0.260 e. The van der Waals surface area contributed by atoms with Crippen molar-refractivity contribution in [3.8, 4) is 5.75 Å². The number of amides is 1. The second kappa shape index (κ2) is 5.85. The van der Waals surface area contributed by atoms with Gasteiger partial charge in [-0.15, -0.1) is 0 Å². The van der Waals surface area contributed by atoms with Crippen LogP contribution in [0.4, 0.5) is 0 Å². The minimum absolute atomic E-state index is 0.101. The van der Waals surface area contributed by atoms with Crippen LogP contribution in [-0.4, -0.2) is 31.0 Å². The Kier molecular flexibility index (Phi) is 3.82. The molecule has 0 saturated heterocycles. The zero-order valence-electron chi connectivity index (χ0n) is 14.0. The van der Waals surface area contributed by atoms with Crippen molar-refractivity contribution in [1.82, 2.24) is 4.90 Å². The quantitative estimate of drug-likeness (QED) is 0.829. The van der Waals surface area contributed by atoms with E-state index in [1.165, 1.54) is 38.5 Å². The molecular weight excluding hydrogens is 286 g/mol. The molecule has 4 aliphatic rings. The van der Waals surface area contributed by atoms with Gasteiger partial charge in [0, 0.05) is 13.6 Å². The second-order valence-electron chi connectivity index (χ2n) is 8.27. The summed E-state index contributed by atoms with van der Waals surface area (Å²) < 4.78 is 5.62. The van der Waals surface area contributed by atoms with Crippen molar-refractivity contribution < 1.29 is 9.53 Å². The summed E-state index contributed by atoms with van der Waals surface area (Å²) in [5.41, 5.74) is 0.409. The molecule has 1 aromatic carbocycles. The first-order valence-corrected chi connectivity index (χ1v) is 9.04. The molecule has 0 spiro atoms. The van der Waals surface area contributed by atoms with Crippen LogP contribution in [0.1, 0.15) is 38.5 Å². The summed E-state index contributed by atoms with van der Waals surface area (Å²) in [6.07, 6.45) is 8.39. The van der Waals surface area contributed by atoms with E-state index in [-0.39, 0.29) is 12.5 Å². The SMILES string of the molecule is CN(CC12CC3CC(CC(C3)C1)C2)C(=O)COc1ccccc1. The second-order valence-corrected chi connectivity index (χ2v) is 8.27. The highest BCUT2D eigenvalue weighted by atomic mass is 16.5. The molecule has 1 amide bonds. The van der Waals surface area contributed by atoms with Crippen LogP contribution in [0.15, 0.2) is 30.3 Å². The summed E-state index contributed by atoms with van der Waals surface area (Å²) in [6.45, 7) is 1.07. The molecule has 4 fully saturated rings. The third-order valence-electron chi connectivity index (χ3n) is 6.27. The van der Waals surface area contributed by atoms with E-state index in [9.17, 15) is 4.79 Å². The Balaban J connectivity index is 1.34. The average molecular weight is 313 g/mol. The monoisotopic (exact) mass is 313 g/mol. The van der Waals surface area contributed by atoms with Gasteiger partial charge in [0.15, 0.2) is 6.61 Å². The molecule has 0 N–H and O–H groups in total. The highest BCUT2D eigenvalue weighted by Gasteiger charge is 2.51. The molecule has 0 atom stereocenters. The lowest BCUT2D eigenvalue weighted by atomic mass is 9.49. The summed E-state index contributed by atoms with van der Waals surface area (Å²) in [5.74, 6) is 3.68. The number of nitrogens with zero attached hydrogens (tertiary/aromatic N) is 1. The first-order valence-electron chi connectivity index (χ1n) is 9.04. The van der Waals surface area contributed by atoms with E-state index in [1.807, 2.05) is 42.3 Å². The van der Waals surface area contributed by atoms with E-state index in [4.69, 9.17) is 4.74 Å². The summed E-state index contributed by atoms with van der Waals surface area (Å²) in [6, 6.07) is 9.60. The predicted octanol–water partition coefficient (Wildman–Crippen LogP) is 3.74. The number of para-hydroxylation sites is 1. The first-order chi connectivity index (χ1) is 11.1. The van der Waals surface area contributed by atoms with Crippen LogP contribution in [0, 0.1) is 23.2 Å². The standard InChI is InChI=1S/C20H27NO2/c1-21(19(22)13-23-18-5-3-2-4-6-18)14-20-10-15-7-16(11-20)9-17(8-15)12-20/h2-6,15-17H,7-14H2,1H3. The van der Waals surface area contributed by atoms with E-state index in [0.717, 1.165) is 30.0 Å². The van der Waals surface area contributed by atoms with Crippen LogP contribution in [0.3, 0.4) is 0 Å². The third-order valence-corrected chi connectivity index (χ3v) is 6.27. The maximum atomic E-state index is 12.4. The van der Waals surface area contributed by atoms with Gasteiger partial charge >= 0.3 is 0 Å². The number of ether oxygens (including phenoxy) is 1. The van der Waals surface area contributed by atoms with Gasteiger partial charge in [-0.3, -0.25) is 4.79 Å². The van der Waals surface area contributed by atoms with Crippen LogP contribution in [0.2, 0.25) is 0 Å². The molecule has 5 rings (SSSR count). The number of hydrogen-bond acceptors (Lipinski definition) is 2. The Labute approximate surface area is 139 Å². The molecule has 124 valence electrons. The summed E-state index contributed by atoms with van der Waals surface area (Å²) in [4.78, 5) is 14.4. The van der Waals surface area contributed by atoms with Crippen LogP contribution in [0.25, 0.3) is 0 Å². The van der Waals surface area contributed by atoms with Crippen molar-refractivity contribution in [2.45, 2.75) is 38.5 Å². The Hall–Kier alpha value is -1.51. The zero-order valence-corrected chi connectivity index (χ0v) is 14.0. The van der Waals surface area contributed by atoms with Gasteiger partial charge in [-0.2, -0.15) is 0 Å². The lowest BCUT2D eigenvalue weighted by Crippen LogP contribution is -2.51. The van der Waals surface area contributed by atoms with E-state index in [2.05, 4.69) is 0 Å². The number of carbonyl (C=O) groups excluding carboxylic acids is 1. The van der Waals surface area contributed by atoms with Crippen LogP contribution in [0.5, 0.6) is 5.75 Å². The van der Waals surface area contributed by atoms with Gasteiger partial charge in [-0.05, 0) is 73.8 Å². The van der Waals surface area contributed by atoms with E-state index in [1.54, 1.807) is 0 Å². The number of rotatable bonds is 5. The highest BCUT2D eigenvalue weighted by Crippen LogP contribution is 2.60. The lowest BCUT2D eigenvalue weighted by molar-refractivity contribution is -0.137. The average Bonchev–Trinajstić information content (AvgIpc) is 2.51. The molecule has 3 heteroatoms. The normalized spacial score (nSPS) is 34.4. The summed E-state index contributed by atoms with van der Waals surface area (Å²) in [5, 5.41) is 0. The molecule has 4 bridgehead atoms. The predicted molar refractivity (Wildman–Crippen MR) is 90.2 cm³/mol. The number of hydrogen-bond donors (Lipinski definition) is 0. The van der Waals surface area contributed by atoms with Gasteiger partial charge in [-0.1, -0.05) is 18.2 Å². The fraction of sp³-hybridized carbons (Fsp3) is 0.650. The fourth-order valence-electron chi connectivity index (χ4n) is 5.85. The molecule has 0 radical (unpaired) electrons.